The van der Waals surface area contributed by atoms with E-state index in [1.54, 1.807) is 16.4 Å². The fourth-order valence-electron chi connectivity index (χ4n) is 3.12. The molecule has 2 aromatic carbocycles. The van der Waals surface area contributed by atoms with E-state index in [2.05, 4.69) is 31.2 Å². The minimum absolute atomic E-state index is 0.260. The molecule has 0 aliphatic carbocycles. The molecule has 1 aliphatic heterocycles. The summed E-state index contributed by atoms with van der Waals surface area (Å²) in [5.41, 5.74) is 2.99. The fourth-order valence-corrected chi connectivity index (χ4v) is 4.59. The highest BCUT2D eigenvalue weighted by Gasteiger charge is 2.29. The van der Waals surface area contributed by atoms with Gasteiger partial charge in [0, 0.05) is 13.1 Å². The number of sulfonamides is 1. The van der Waals surface area contributed by atoms with Crippen molar-refractivity contribution in [1.29, 1.82) is 5.26 Å². The Balaban J connectivity index is 1.71. The smallest absolute Gasteiger partial charge is 0.207 e. The Kier molecular flexibility index (Phi) is 4.70. The molecule has 0 unspecified atom stereocenters. The van der Waals surface area contributed by atoms with Gasteiger partial charge < -0.3 is 0 Å². The van der Waals surface area contributed by atoms with E-state index in [1.807, 2.05) is 6.07 Å². The molecule has 0 bridgehead atoms. The Morgan fingerprint density at radius 1 is 1.00 bits per heavy atom. The molecule has 0 N–H and O–H groups in total. The maximum atomic E-state index is 12.7. The lowest BCUT2D eigenvalue weighted by Gasteiger charge is -2.31. The summed E-state index contributed by atoms with van der Waals surface area (Å²) in [6.45, 7) is 3.12. The number of aryl methyl sites for hydroxylation is 1. The van der Waals surface area contributed by atoms with Crippen LogP contribution in [0.15, 0.2) is 53.4 Å². The first kappa shape index (κ1) is 16.7. The Labute approximate surface area is 143 Å². The molecular weight excluding hydrogens is 320 g/mol. The molecule has 4 nitrogen and oxygen atoms in total. The minimum Gasteiger partial charge on any atom is -0.207 e. The highest BCUT2D eigenvalue weighted by Crippen LogP contribution is 2.30. The molecular formula is C19H20N2O2S. The van der Waals surface area contributed by atoms with Crippen molar-refractivity contribution in [3.63, 3.8) is 0 Å². The van der Waals surface area contributed by atoms with Gasteiger partial charge in [0.25, 0.3) is 0 Å². The fraction of sp³-hybridized carbons (Fsp3) is 0.316. The third-order valence-corrected chi connectivity index (χ3v) is 6.54. The minimum atomic E-state index is -3.48. The molecule has 1 heterocycles. The standard InChI is InChI=1S/C19H20N2O2S/c1-15-2-6-17(7-3-15)18-10-12-21(13-11-18)24(22,23)19-8-4-16(14-20)5-9-19/h2-9,18H,10-13H2,1H3. The molecule has 0 saturated carbocycles. The van der Waals surface area contributed by atoms with Gasteiger partial charge in [0.05, 0.1) is 16.5 Å². The van der Waals surface area contributed by atoms with E-state index >= 15 is 0 Å². The van der Waals surface area contributed by atoms with E-state index in [4.69, 9.17) is 5.26 Å². The molecule has 0 amide bonds. The highest BCUT2D eigenvalue weighted by molar-refractivity contribution is 7.89. The Morgan fingerprint density at radius 3 is 2.12 bits per heavy atom. The molecule has 2 aromatic rings. The second-order valence-corrected chi connectivity index (χ2v) is 8.16. The van der Waals surface area contributed by atoms with Crippen LogP contribution in [0.4, 0.5) is 0 Å². The van der Waals surface area contributed by atoms with Crippen molar-refractivity contribution in [2.45, 2.75) is 30.6 Å². The van der Waals surface area contributed by atoms with E-state index in [-0.39, 0.29) is 4.90 Å². The summed E-state index contributed by atoms with van der Waals surface area (Å²) < 4.78 is 27.0. The molecule has 3 rings (SSSR count). The summed E-state index contributed by atoms with van der Waals surface area (Å²) in [4.78, 5) is 0.260. The van der Waals surface area contributed by atoms with Gasteiger partial charge in [0.1, 0.15) is 0 Å². The van der Waals surface area contributed by atoms with Crippen LogP contribution in [0.2, 0.25) is 0 Å². The number of nitrogens with zero attached hydrogens (tertiary/aromatic N) is 2. The van der Waals surface area contributed by atoms with Gasteiger partial charge in [-0.3, -0.25) is 0 Å². The second-order valence-electron chi connectivity index (χ2n) is 6.23. The largest absolute Gasteiger partial charge is 0.243 e. The summed E-state index contributed by atoms with van der Waals surface area (Å²) >= 11 is 0. The predicted molar refractivity (Wildman–Crippen MR) is 93.1 cm³/mol. The topological polar surface area (TPSA) is 61.2 Å². The van der Waals surface area contributed by atoms with Crippen molar-refractivity contribution < 1.29 is 8.42 Å². The van der Waals surface area contributed by atoms with E-state index in [1.165, 1.54) is 23.3 Å². The predicted octanol–water partition coefficient (Wildman–Crippen LogP) is 3.44. The molecule has 24 heavy (non-hydrogen) atoms. The van der Waals surface area contributed by atoms with E-state index in [0.717, 1.165) is 12.8 Å². The zero-order valence-corrected chi connectivity index (χ0v) is 14.5. The van der Waals surface area contributed by atoms with Gasteiger partial charge in [0.2, 0.25) is 10.0 Å². The second kappa shape index (κ2) is 6.76. The first-order valence-electron chi connectivity index (χ1n) is 8.07. The highest BCUT2D eigenvalue weighted by atomic mass is 32.2. The average Bonchev–Trinajstić information content (AvgIpc) is 2.62. The van der Waals surface area contributed by atoms with Crippen molar-refractivity contribution >= 4 is 10.0 Å². The number of hydrogen-bond donors (Lipinski definition) is 0. The van der Waals surface area contributed by atoms with Crippen molar-refractivity contribution in [3.05, 3.63) is 65.2 Å². The third kappa shape index (κ3) is 3.35. The molecule has 0 spiro atoms. The normalized spacial score (nSPS) is 16.7. The Morgan fingerprint density at radius 2 is 1.58 bits per heavy atom. The van der Waals surface area contributed by atoms with E-state index < -0.39 is 10.0 Å². The van der Waals surface area contributed by atoms with Crippen LogP contribution in [0.25, 0.3) is 0 Å². The summed E-state index contributed by atoms with van der Waals surface area (Å²) in [6, 6.07) is 16.6. The summed E-state index contributed by atoms with van der Waals surface area (Å²) in [5.74, 6) is 0.415. The quantitative estimate of drug-likeness (QED) is 0.860. The van der Waals surface area contributed by atoms with Crippen molar-refractivity contribution in [2.24, 2.45) is 0 Å². The monoisotopic (exact) mass is 340 g/mol. The number of benzene rings is 2. The Hall–Kier alpha value is -2.16. The van der Waals surface area contributed by atoms with E-state index in [0.29, 0.717) is 24.6 Å². The average molecular weight is 340 g/mol. The molecule has 1 saturated heterocycles. The van der Waals surface area contributed by atoms with E-state index in [9.17, 15) is 8.42 Å². The molecule has 0 radical (unpaired) electrons. The SMILES string of the molecule is Cc1ccc(C2CCN(S(=O)(=O)c3ccc(C#N)cc3)CC2)cc1. The van der Waals surface area contributed by atoms with Crippen LogP contribution in [0, 0.1) is 18.3 Å². The molecule has 124 valence electrons. The first-order chi connectivity index (χ1) is 11.5. The molecule has 1 fully saturated rings. The van der Waals surface area contributed by atoms with Crippen LogP contribution in [-0.4, -0.2) is 25.8 Å². The van der Waals surface area contributed by atoms with Crippen LogP contribution < -0.4 is 0 Å². The molecule has 5 heteroatoms. The lowest BCUT2D eigenvalue weighted by atomic mass is 9.90. The van der Waals surface area contributed by atoms with Gasteiger partial charge >= 0.3 is 0 Å². The number of nitriles is 1. The van der Waals surface area contributed by atoms with Gasteiger partial charge in [0.15, 0.2) is 0 Å². The number of rotatable bonds is 3. The van der Waals surface area contributed by atoms with Crippen molar-refractivity contribution in [2.75, 3.05) is 13.1 Å². The first-order valence-corrected chi connectivity index (χ1v) is 9.51. The van der Waals surface area contributed by atoms with Gasteiger partial charge in [-0.1, -0.05) is 29.8 Å². The summed E-state index contributed by atoms with van der Waals surface area (Å²) in [6.07, 6.45) is 1.66. The zero-order chi connectivity index (χ0) is 17.2. The molecule has 0 atom stereocenters. The lowest BCUT2D eigenvalue weighted by Crippen LogP contribution is -2.37. The van der Waals surface area contributed by atoms with Gasteiger partial charge in [-0.25, -0.2) is 8.42 Å². The Bertz CT molecular complexity index is 842. The summed E-state index contributed by atoms with van der Waals surface area (Å²) in [7, 11) is -3.48. The third-order valence-electron chi connectivity index (χ3n) is 4.62. The van der Waals surface area contributed by atoms with Gasteiger partial charge in [-0.05, 0) is 55.5 Å². The molecule has 1 aliphatic rings. The van der Waals surface area contributed by atoms with Crippen LogP contribution in [-0.2, 0) is 10.0 Å². The van der Waals surface area contributed by atoms with Crippen LogP contribution in [0.1, 0.15) is 35.4 Å². The van der Waals surface area contributed by atoms with Crippen LogP contribution in [0.5, 0.6) is 0 Å². The maximum absolute atomic E-state index is 12.7. The van der Waals surface area contributed by atoms with Crippen molar-refractivity contribution in [1.82, 2.24) is 4.31 Å². The van der Waals surface area contributed by atoms with Crippen LogP contribution >= 0.6 is 0 Å². The lowest BCUT2D eigenvalue weighted by molar-refractivity contribution is 0.319. The zero-order valence-electron chi connectivity index (χ0n) is 13.6. The van der Waals surface area contributed by atoms with Gasteiger partial charge in [-0.2, -0.15) is 9.57 Å². The van der Waals surface area contributed by atoms with Crippen molar-refractivity contribution in [3.8, 4) is 6.07 Å². The van der Waals surface area contributed by atoms with Crippen LogP contribution in [0.3, 0.4) is 0 Å². The molecule has 0 aromatic heterocycles. The van der Waals surface area contributed by atoms with Gasteiger partial charge in [-0.15, -0.1) is 0 Å². The maximum Gasteiger partial charge on any atom is 0.243 e. The number of hydrogen-bond acceptors (Lipinski definition) is 3. The summed E-state index contributed by atoms with van der Waals surface area (Å²) in [5, 5.41) is 8.82. The number of piperidine rings is 1.